The van der Waals surface area contributed by atoms with Crippen LogP contribution in [0.3, 0.4) is 0 Å². The van der Waals surface area contributed by atoms with Crippen molar-refractivity contribution in [2.75, 3.05) is 6.54 Å². The second-order valence-electron chi connectivity index (χ2n) is 2.37. The van der Waals surface area contributed by atoms with Crippen LogP contribution in [0.5, 0.6) is 0 Å². The monoisotopic (exact) mass is 242 g/mol. The molecule has 0 saturated carbocycles. The van der Waals surface area contributed by atoms with Gasteiger partial charge in [0.1, 0.15) is 0 Å². The van der Waals surface area contributed by atoms with Gasteiger partial charge < -0.3 is 5.11 Å². The fourth-order valence-electron chi connectivity index (χ4n) is 0.830. The van der Waals surface area contributed by atoms with E-state index in [0.717, 1.165) is 4.47 Å². The van der Waals surface area contributed by atoms with Crippen molar-refractivity contribution in [1.82, 2.24) is 4.98 Å². The molecular weight excluding hydrogens is 236 g/mol. The Kier molecular flexibility index (Phi) is 3.70. The molecule has 68 valence electrons. The molecule has 0 saturated heterocycles. The number of azide groups is 1. The molecule has 0 bridgehead atoms. The molecule has 1 heterocycles. The third-order valence-electron chi connectivity index (χ3n) is 1.43. The fourth-order valence-corrected chi connectivity index (χ4v) is 1.21. The largest absolute Gasteiger partial charge is 0.388 e. The molecule has 5 nitrogen and oxygen atoms in total. The minimum absolute atomic E-state index is 0.0225. The molecule has 0 fully saturated rings. The highest BCUT2D eigenvalue weighted by Crippen LogP contribution is 2.16. The summed E-state index contributed by atoms with van der Waals surface area (Å²) >= 11 is 3.22. The van der Waals surface area contributed by atoms with Gasteiger partial charge in [-0.15, -0.1) is 0 Å². The van der Waals surface area contributed by atoms with Crippen molar-refractivity contribution in [1.29, 1.82) is 0 Å². The average molecular weight is 243 g/mol. The van der Waals surface area contributed by atoms with Crippen LogP contribution in [0.25, 0.3) is 10.4 Å². The van der Waals surface area contributed by atoms with Gasteiger partial charge in [-0.3, -0.25) is 4.98 Å². The first-order valence-electron chi connectivity index (χ1n) is 3.53. The van der Waals surface area contributed by atoms with E-state index in [-0.39, 0.29) is 6.54 Å². The van der Waals surface area contributed by atoms with E-state index in [0.29, 0.717) is 5.56 Å². The maximum atomic E-state index is 9.45. The van der Waals surface area contributed by atoms with E-state index in [1.165, 1.54) is 6.20 Å². The lowest BCUT2D eigenvalue weighted by atomic mass is 10.2. The molecule has 0 spiro atoms. The van der Waals surface area contributed by atoms with Crippen LogP contribution in [-0.2, 0) is 0 Å². The smallest absolute Gasteiger partial charge is 0.0861 e. The van der Waals surface area contributed by atoms with Crippen LogP contribution < -0.4 is 0 Å². The van der Waals surface area contributed by atoms with Crippen molar-refractivity contribution in [2.24, 2.45) is 5.11 Å². The molecule has 0 aliphatic heterocycles. The van der Waals surface area contributed by atoms with Crippen LogP contribution in [0.15, 0.2) is 28.0 Å². The Morgan fingerprint density at radius 3 is 3.08 bits per heavy atom. The highest BCUT2D eigenvalue weighted by atomic mass is 79.9. The van der Waals surface area contributed by atoms with E-state index < -0.39 is 6.10 Å². The first-order chi connectivity index (χ1) is 6.24. The van der Waals surface area contributed by atoms with Crippen LogP contribution >= 0.6 is 15.9 Å². The van der Waals surface area contributed by atoms with Crippen LogP contribution in [0.2, 0.25) is 0 Å². The van der Waals surface area contributed by atoms with E-state index >= 15 is 0 Å². The number of aliphatic hydroxyl groups excluding tert-OH is 1. The van der Waals surface area contributed by atoms with Gasteiger partial charge in [0.2, 0.25) is 0 Å². The molecule has 1 N–H and O–H groups in total. The molecule has 0 aromatic carbocycles. The predicted molar refractivity (Wildman–Crippen MR) is 50.9 cm³/mol. The van der Waals surface area contributed by atoms with Crippen LogP contribution in [0, 0.1) is 0 Å². The second-order valence-corrected chi connectivity index (χ2v) is 3.28. The van der Waals surface area contributed by atoms with Gasteiger partial charge in [0.15, 0.2) is 0 Å². The summed E-state index contributed by atoms with van der Waals surface area (Å²) in [5.41, 5.74) is 8.67. The Labute approximate surface area is 83.2 Å². The number of nitrogens with zero attached hydrogens (tertiary/aromatic N) is 4. The summed E-state index contributed by atoms with van der Waals surface area (Å²) in [6.45, 7) is 0.0225. The zero-order valence-corrected chi connectivity index (χ0v) is 8.22. The summed E-state index contributed by atoms with van der Waals surface area (Å²) in [7, 11) is 0. The molecule has 1 aromatic rings. The molecule has 1 aromatic heterocycles. The Hall–Kier alpha value is -1.10. The van der Waals surface area contributed by atoms with Crippen molar-refractivity contribution in [2.45, 2.75) is 6.10 Å². The molecule has 1 atom stereocenters. The van der Waals surface area contributed by atoms with Crippen LogP contribution in [-0.4, -0.2) is 16.6 Å². The number of hydrogen-bond acceptors (Lipinski definition) is 3. The van der Waals surface area contributed by atoms with E-state index in [2.05, 4.69) is 30.9 Å². The van der Waals surface area contributed by atoms with E-state index in [9.17, 15) is 5.11 Å². The molecular formula is C7H7BrN4O. The standard InChI is InChI=1S/C7H7BrN4O/c8-6-1-5(2-10-3-6)7(13)4-11-12-9/h1-3,7,13H,4H2. The second kappa shape index (κ2) is 4.81. The van der Waals surface area contributed by atoms with Gasteiger partial charge in [-0.2, -0.15) is 0 Å². The molecule has 6 heteroatoms. The average Bonchev–Trinajstić information content (AvgIpc) is 2.14. The van der Waals surface area contributed by atoms with Crippen molar-refractivity contribution >= 4 is 15.9 Å². The summed E-state index contributed by atoms with van der Waals surface area (Å²) in [4.78, 5) is 6.43. The van der Waals surface area contributed by atoms with Crippen molar-refractivity contribution in [3.05, 3.63) is 38.9 Å². The third kappa shape index (κ3) is 3.02. The van der Waals surface area contributed by atoms with Crippen molar-refractivity contribution in [3.63, 3.8) is 0 Å². The summed E-state index contributed by atoms with van der Waals surface area (Å²) in [6.07, 6.45) is 2.35. The number of aliphatic hydroxyl groups is 1. The SMILES string of the molecule is [N-]=[N+]=NCC(O)c1cncc(Br)c1. The number of rotatable bonds is 3. The molecule has 0 aliphatic carbocycles. The Bertz CT molecular complexity index is 337. The highest BCUT2D eigenvalue weighted by Gasteiger charge is 2.06. The number of aromatic nitrogens is 1. The Balaban J connectivity index is 2.76. The van der Waals surface area contributed by atoms with Gasteiger partial charge in [0.05, 0.1) is 12.6 Å². The fraction of sp³-hybridized carbons (Fsp3) is 0.286. The molecule has 0 amide bonds. The van der Waals surface area contributed by atoms with E-state index in [1.54, 1.807) is 12.3 Å². The van der Waals surface area contributed by atoms with Gasteiger partial charge in [-0.25, -0.2) is 0 Å². The number of hydrogen-bond donors (Lipinski definition) is 1. The first-order valence-corrected chi connectivity index (χ1v) is 4.32. The molecule has 1 unspecified atom stereocenters. The summed E-state index contributed by atoms with van der Waals surface area (Å²) in [6, 6.07) is 1.73. The van der Waals surface area contributed by atoms with Crippen LogP contribution in [0.1, 0.15) is 11.7 Å². The zero-order valence-electron chi connectivity index (χ0n) is 6.63. The predicted octanol–water partition coefficient (Wildman–Crippen LogP) is 2.19. The third-order valence-corrected chi connectivity index (χ3v) is 1.86. The summed E-state index contributed by atoms with van der Waals surface area (Å²) in [5, 5.41) is 12.7. The lowest BCUT2D eigenvalue weighted by Crippen LogP contribution is -2.01. The summed E-state index contributed by atoms with van der Waals surface area (Å²) < 4.78 is 0.782. The van der Waals surface area contributed by atoms with Crippen molar-refractivity contribution < 1.29 is 5.11 Å². The van der Waals surface area contributed by atoms with Gasteiger partial charge in [-0.1, -0.05) is 5.11 Å². The van der Waals surface area contributed by atoms with Crippen LogP contribution in [0.4, 0.5) is 0 Å². The number of halogens is 1. The first kappa shape index (κ1) is 9.98. The quantitative estimate of drug-likeness (QED) is 0.501. The van der Waals surface area contributed by atoms with Crippen molar-refractivity contribution in [3.8, 4) is 0 Å². The maximum Gasteiger partial charge on any atom is 0.0861 e. The molecule has 0 aliphatic rings. The minimum Gasteiger partial charge on any atom is -0.388 e. The van der Waals surface area contributed by atoms with E-state index in [1.807, 2.05) is 0 Å². The molecule has 1 rings (SSSR count). The zero-order chi connectivity index (χ0) is 9.68. The lowest BCUT2D eigenvalue weighted by molar-refractivity contribution is 0.186. The summed E-state index contributed by atoms with van der Waals surface area (Å²) in [5.74, 6) is 0. The van der Waals surface area contributed by atoms with Gasteiger partial charge in [-0.05, 0) is 27.5 Å². The van der Waals surface area contributed by atoms with E-state index in [4.69, 9.17) is 5.53 Å². The Morgan fingerprint density at radius 2 is 2.46 bits per heavy atom. The van der Waals surface area contributed by atoms with Gasteiger partial charge in [0.25, 0.3) is 0 Å². The Morgan fingerprint density at radius 1 is 1.69 bits per heavy atom. The van der Waals surface area contributed by atoms with Gasteiger partial charge >= 0.3 is 0 Å². The molecule has 13 heavy (non-hydrogen) atoms. The molecule has 0 radical (unpaired) electrons. The number of pyridine rings is 1. The topological polar surface area (TPSA) is 81.9 Å². The normalized spacial score (nSPS) is 11.8. The minimum atomic E-state index is -0.791. The van der Waals surface area contributed by atoms with Gasteiger partial charge in [0, 0.05) is 27.3 Å². The lowest BCUT2D eigenvalue weighted by Gasteiger charge is -2.06. The highest BCUT2D eigenvalue weighted by molar-refractivity contribution is 9.10. The maximum absolute atomic E-state index is 9.45.